The molecule has 0 unspecified atom stereocenters. The van der Waals surface area contributed by atoms with Gasteiger partial charge in [0.15, 0.2) is 0 Å². The number of carbonyl (C=O) groups excluding carboxylic acids is 1. The largest absolute Gasteiger partial charge is 0.393 e. The van der Waals surface area contributed by atoms with Gasteiger partial charge in [0.25, 0.3) is 0 Å². The second kappa shape index (κ2) is 1.97. The van der Waals surface area contributed by atoms with E-state index in [-0.39, 0.29) is 23.5 Å². The molecule has 1 saturated carbocycles. The molecule has 0 spiro atoms. The lowest BCUT2D eigenvalue weighted by atomic mass is 9.80. The van der Waals surface area contributed by atoms with Gasteiger partial charge in [-0.2, -0.15) is 0 Å². The van der Waals surface area contributed by atoms with Crippen LogP contribution in [0.1, 0.15) is 26.2 Å². The summed E-state index contributed by atoms with van der Waals surface area (Å²) in [6.45, 7) is 2.01. The van der Waals surface area contributed by atoms with Gasteiger partial charge in [0.1, 0.15) is 0 Å². The smallest absolute Gasteiger partial charge is 0.223 e. The fourth-order valence-corrected chi connectivity index (χ4v) is 2.34. The first-order chi connectivity index (χ1) is 5.09. The van der Waals surface area contributed by atoms with Crippen molar-refractivity contribution in [3.8, 4) is 0 Å². The fraction of sp³-hybridized carbons (Fsp3) is 0.875. The lowest BCUT2D eigenvalue weighted by Gasteiger charge is -2.30. The molecule has 1 heterocycles. The molecule has 2 aliphatic rings. The Morgan fingerprint density at radius 3 is 3.00 bits per heavy atom. The third-order valence-electron chi connectivity index (χ3n) is 2.74. The van der Waals surface area contributed by atoms with E-state index >= 15 is 0 Å². The van der Waals surface area contributed by atoms with Crippen LogP contribution in [0.2, 0.25) is 0 Å². The molecule has 3 nitrogen and oxygen atoms in total. The number of fused-ring (bicyclic) bond motifs is 2. The van der Waals surface area contributed by atoms with E-state index in [0.29, 0.717) is 6.42 Å². The number of hydrogen-bond acceptors (Lipinski definition) is 2. The number of hydrogen-bond donors (Lipinski definition) is 2. The predicted molar refractivity (Wildman–Crippen MR) is 39.9 cm³/mol. The Hall–Kier alpha value is -0.570. The zero-order chi connectivity index (χ0) is 8.06. The van der Waals surface area contributed by atoms with Gasteiger partial charge in [0.05, 0.1) is 6.10 Å². The normalized spacial score (nSPS) is 49.1. The van der Waals surface area contributed by atoms with Gasteiger partial charge in [-0.25, -0.2) is 0 Å². The number of rotatable bonds is 0. The van der Waals surface area contributed by atoms with Crippen molar-refractivity contribution in [2.75, 3.05) is 0 Å². The Bertz CT molecular complexity index is 204. The molecule has 11 heavy (non-hydrogen) atoms. The average molecular weight is 155 g/mol. The highest BCUT2D eigenvalue weighted by Crippen LogP contribution is 2.37. The first kappa shape index (κ1) is 7.10. The monoisotopic (exact) mass is 155 g/mol. The minimum Gasteiger partial charge on any atom is -0.393 e. The average Bonchev–Trinajstić information content (AvgIpc) is 2.01. The fourth-order valence-electron chi connectivity index (χ4n) is 2.34. The molecular formula is C8H13NO2. The first-order valence-corrected chi connectivity index (χ1v) is 4.09. The van der Waals surface area contributed by atoms with Crippen molar-refractivity contribution < 1.29 is 9.90 Å². The summed E-state index contributed by atoms with van der Waals surface area (Å²) in [5.74, 6) is 0.202. The van der Waals surface area contributed by atoms with Crippen molar-refractivity contribution in [2.45, 2.75) is 37.8 Å². The molecule has 0 aromatic carbocycles. The molecule has 1 aliphatic carbocycles. The van der Waals surface area contributed by atoms with Gasteiger partial charge < -0.3 is 10.4 Å². The van der Waals surface area contributed by atoms with Crippen LogP contribution in [0.3, 0.4) is 0 Å². The Balaban J connectivity index is 2.23. The summed E-state index contributed by atoms with van der Waals surface area (Å²) in [4.78, 5) is 11.2. The number of aliphatic hydroxyl groups is 1. The molecule has 3 atom stereocenters. The van der Waals surface area contributed by atoms with Gasteiger partial charge in [-0.3, -0.25) is 4.79 Å². The van der Waals surface area contributed by atoms with E-state index in [1.165, 1.54) is 0 Å². The molecule has 2 bridgehead atoms. The molecule has 1 amide bonds. The van der Waals surface area contributed by atoms with Gasteiger partial charge in [-0.05, 0) is 26.2 Å². The quantitative estimate of drug-likeness (QED) is 0.518. The summed E-state index contributed by atoms with van der Waals surface area (Å²) in [5, 5.41) is 12.3. The predicted octanol–water partition coefficient (Wildman–Crippen LogP) is 0.0359. The standard InChI is InChI=1S/C8H13NO2/c1-8-3-5(7(11)9-8)2-6(10)4-8/h5-6,10H,2-4H2,1H3,(H,9,11)/t5-,6-,8-/m1/s1. The summed E-state index contributed by atoms with van der Waals surface area (Å²) in [6.07, 6.45) is 2.00. The van der Waals surface area contributed by atoms with E-state index in [4.69, 9.17) is 0 Å². The van der Waals surface area contributed by atoms with Gasteiger partial charge in [-0.15, -0.1) is 0 Å². The summed E-state index contributed by atoms with van der Waals surface area (Å²) >= 11 is 0. The van der Waals surface area contributed by atoms with Crippen molar-refractivity contribution in [3.63, 3.8) is 0 Å². The molecule has 0 radical (unpaired) electrons. The molecule has 1 saturated heterocycles. The molecule has 2 fully saturated rings. The van der Waals surface area contributed by atoms with E-state index < -0.39 is 0 Å². The topological polar surface area (TPSA) is 49.3 Å². The van der Waals surface area contributed by atoms with Gasteiger partial charge >= 0.3 is 0 Å². The lowest BCUT2D eigenvalue weighted by molar-refractivity contribution is -0.123. The summed E-state index contributed by atoms with van der Waals surface area (Å²) in [6, 6.07) is 0. The highest BCUT2D eigenvalue weighted by atomic mass is 16.3. The number of nitrogens with one attached hydrogen (secondary N) is 1. The van der Waals surface area contributed by atoms with Gasteiger partial charge in [-0.1, -0.05) is 0 Å². The maximum atomic E-state index is 11.2. The molecule has 2 N–H and O–H groups in total. The van der Waals surface area contributed by atoms with E-state index in [1.54, 1.807) is 0 Å². The van der Waals surface area contributed by atoms with Crippen molar-refractivity contribution in [1.29, 1.82) is 0 Å². The minimum atomic E-state index is -0.280. The van der Waals surface area contributed by atoms with Crippen LogP contribution in [-0.2, 0) is 4.79 Å². The highest BCUT2D eigenvalue weighted by molar-refractivity contribution is 5.82. The van der Waals surface area contributed by atoms with Crippen LogP contribution in [0, 0.1) is 5.92 Å². The van der Waals surface area contributed by atoms with E-state index in [0.717, 1.165) is 12.8 Å². The van der Waals surface area contributed by atoms with E-state index in [2.05, 4.69) is 5.32 Å². The van der Waals surface area contributed by atoms with Crippen LogP contribution < -0.4 is 5.32 Å². The zero-order valence-electron chi connectivity index (χ0n) is 6.63. The van der Waals surface area contributed by atoms with Crippen LogP contribution in [0.5, 0.6) is 0 Å². The van der Waals surface area contributed by atoms with Gasteiger partial charge in [0.2, 0.25) is 5.91 Å². The molecule has 62 valence electrons. The lowest BCUT2D eigenvalue weighted by Crippen LogP contribution is -2.41. The maximum Gasteiger partial charge on any atom is 0.223 e. The molecule has 0 aromatic heterocycles. The molecule has 3 heteroatoms. The van der Waals surface area contributed by atoms with Crippen molar-refractivity contribution in [1.82, 2.24) is 5.32 Å². The van der Waals surface area contributed by atoms with Crippen LogP contribution in [0.15, 0.2) is 0 Å². The molecule has 0 aromatic rings. The Morgan fingerprint density at radius 2 is 2.36 bits per heavy atom. The highest BCUT2D eigenvalue weighted by Gasteiger charge is 2.46. The maximum absolute atomic E-state index is 11.2. The van der Waals surface area contributed by atoms with Crippen LogP contribution in [-0.4, -0.2) is 22.7 Å². The van der Waals surface area contributed by atoms with Crippen molar-refractivity contribution >= 4 is 5.91 Å². The number of aliphatic hydroxyl groups excluding tert-OH is 1. The van der Waals surface area contributed by atoms with E-state index in [9.17, 15) is 9.90 Å². The molecule has 1 aliphatic heterocycles. The van der Waals surface area contributed by atoms with E-state index in [1.807, 2.05) is 6.92 Å². The zero-order valence-corrected chi connectivity index (χ0v) is 6.63. The first-order valence-electron chi connectivity index (χ1n) is 4.09. The summed E-state index contributed by atoms with van der Waals surface area (Å²) in [5.41, 5.74) is -0.112. The van der Waals surface area contributed by atoms with Crippen LogP contribution in [0.25, 0.3) is 0 Å². The third kappa shape index (κ3) is 1.03. The summed E-state index contributed by atoms with van der Waals surface area (Å²) in [7, 11) is 0. The van der Waals surface area contributed by atoms with Crippen molar-refractivity contribution in [3.05, 3.63) is 0 Å². The van der Waals surface area contributed by atoms with Crippen molar-refractivity contribution in [2.24, 2.45) is 5.92 Å². The molecular weight excluding hydrogens is 142 g/mol. The summed E-state index contributed by atoms with van der Waals surface area (Å²) < 4.78 is 0. The number of amides is 1. The Kier molecular flexibility index (Phi) is 1.27. The third-order valence-corrected chi connectivity index (χ3v) is 2.74. The number of carbonyl (C=O) groups is 1. The van der Waals surface area contributed by atoms with Gasteiger partial charge in [0, 0.05) is 11.5 Å². The Morgan fingerprint density at radius 1 is 1.64 bits per heavy atom. The van der Waals surface area contributed by atoms with Crippen LogP contribution in [0.4, 0.5) is 0 Å². The minimum absolute atomic E-state index is 0.0729. The molecule has 2 rings (SSSR count). The second-order valence-electron chi connectivity index (χ2n) is 4.04. The van der Waals surface area contributed by atoms with Crippen LogP contribution >= 0.6 is 0 Å². The second-order valence-corrected chi connectivity index (χ2v) is 4.04. The Labute approximate surface area is 65.8 Å². The SMILES string of the molecule is C[C@]12C[C@H](O)C[C@H](C1)C(=O)N2.